The molecule has 1 aliphatic rings. The van der Waals surface area contributed by atoms with Crippen molar-refractivity contribution in [2.75, 3.05) is 46.6 Å². The third-order valence-electron chi connectivity index (χ3n) is 3.03. The maximum absolute atomic E-state index is 5.48. The summed E-state index contributed by atoms with van der Waals surface area (Å²) < 4.78 is 10.9. The van der Waals surface area contributed by atoms with Crippen LogP contribution in [0.25, 0.3) is 0 Å². The van der Waals surface area contributed by atoms with Crippen LogP contribution in [0.15, 0.2) is 4.99 Å². The molecule has 0 unspecified atom stereocenters. The summed E-state index contributed by atoms with van der Waals surface area (Å²) >= 11 is 0. The standard InChI is InChI=1S/C14H29N3O2.HI/c1-3-4-8-18-10-11-19-9-7-16-14(15-2)17-12-13-5-6-13;/h13H,3-12H2,1-2H3,(H2,15,16,17);1H. The monoisotopic (exact) mass is 399 g/mol. The number of halogens is 1. The average molecular weight is 399 g/mol. The van der Waals surface area contributed by atoms with Gasteiger partial charge in [0.25, 0.3) is 0 Å². The minimum atomic E-state index is 0. The van der Waals surface area contributed by atoms with Crippen LogP contribution in [0.1, 0.15) is 32.6 Å². The van der Waals surface area contributed by atoms with Crippen LogP contribution < -0.4 is 10.6 Å². The Kier molecular flexibility index (Phi) is 13.8. The molecule has 120 valence electrons. The van der Waals surface area contributed by atoms with Crippen molar-refractivity contribution in [1.29, 1.82) is 0 Å². The van der Waals surface area contributed by atoms with Gasteiger partial charge in [-0.15, -0.1) is 24.0 Å². The van der Waals surface area contributed by atoms with Gasteiger partial charge in [-0.3, -0.25) is 4.99 Å². The van der Waals surface area contributed by atoms with E-state index in [2.05, 4.69) is 22.5 Å². The number of nitrogens with one attached hydrogen (secondary N) is 2. The van der Waals surface area contributed by atoms with Crippen LogP contribution in [-0.4, -0.2) is 52.5 Å². The lowest BCUT2D eigenvalue weighted by molar-refractivity contribution is 0.0487. The van der Waals surface area contributed by atoms with E-state index in [0.29, 0.717) is 19.8 Å². The summed E-state index contributed by atoms with van der Waals surface area (Å²) in [5.41, 5.74) is 0. The molecule has 2 N–H and O–H groups in total. The van der Waals surface area contributed by atoms with Gasteiger partial charge in [0.15, 0.2) is 5.96 Å². The molecule has 0 aromatic rings. The van der Waals surface area contributed by atoms with E-state index in [-0.39, 0.29) is 24.0 Å². The largest absolute Gasteiger partial charge is 0.379 e. The van der Waals surface area contributed by atoms with Crippen LogP contribution in [-0.2, 0) is 9.47 Å². The molecule has 1 rings (SSSR count). The van der Waals surface area contributed by atoms with Gasteiger partial charge < -0.3 is 20.1 Å². The van der Waals surface area contributed by atoms with E-state index in [1.54, 1.807) is 7.05 Å². The third-order valence-corrected chi connectivity index (χ3v) is 3.03. The number of hydrogen-bond acceptors (Lipinski definition) is 3. The zero-order chi connectivity index (χ0) is 13.8. The molecular formula is C14H30IN3O2. The van der Waals surface area contributed by atoms with Gasteiger partial charge in [0.05, 0.1) is 19.8 Å². The second kappa shape index (κ2) is 13.9. The quantitative estimate of drug-likeness (QED) is 0.242. The van der Waals surface area contributed by atoms with Gasteiger partial charge in [-0.25, -0.2) is 0 Å². The molecule has 0 heterocycles. The molecule has 5 nitrogen and oxygen atoms in total. The zero-order valence-corrected chi connectivity index (χ0v) is 15.2. The Morgan fingerprint density at radius 1 is 1.10 bits per heavy atom. The summed E-state index contributed by atoms with van der Waals surface area (Å²) in [6, 6.07) is 0. The number of ether oxygens (including phenoxy) is 2. The maximum atomic E-state index is 5.48. The molecule has 0 saturated heterocycles. The van der Waals surface area contributed by atoms with E-state index in [9.17, 15) is 0 Å². The molecule has 1 aliphatic carbocycles. The number of nitrogens with zero attached hydrogens (tertiary/aromatic N) is 1. The Bertz CT molecular complexity index is 249. The van der Waals surface area contributed by atoms with Crippen LogP contribution in [0.3, 0.4) is 0 Å². The molecule has 0 amide bonds. The van der Waals surface area contributed by atoms with Crippen LogP contribution in [0.5, 0.6) is 0 Å². The highest BCUT2D eigenvalue weighted by molar-refractivity contribution is 14.0. The van der Waals surface area contributed by atoms with Gasteiger partial charge in [-0.1, -0.05) is 13.3 Å². The van der Waals surface area contributed by atoms with E-state index in [4.69, 9.17) is 9.47 Å². The van der Waals surface area contributed by atoms with Crippen LogP contribution in [0.2, 0.25) is 0 Å². The van der Waals surface area contributed by atoms with E-state index in [1.165, 1.54) is 19.3 Å². The smallest absolute Gasteiger partial charge is 0.191 e. The zero-order valence-electron chi connectivity index (χ0n) is 12.8. The molecule has 0 atom stereocenters. The first kappa shape index (κ1) is 19.9. The molecule has 0 spiro atoms. The van der Waals surface area contributed by atoms with Gasteiger partial charge in [0.2, 0.25) is 0 Å². The molecule has 0 aliphatic heterocycles. The summed E-state index contributed by atoms with van der Waals surface area (Å²) in [7, 11) is 1.80. The predicted molar refractivity (Wildman–Crippen MR) is 94.0 cm³/mol. The Labute approximate surface area is 140 Å². The molecule has 20 heavy (non-hydrogen) atoms. The first-order valence-electron chi connectivity index (χ1n) is 7.46. The number of guanidine groups is 1. The molecule has 0 aromatic carbocycles. The minimum absolute atomic E-state index is 0. The highest BCUT2D eigenvalue weighted by Gasteiger charge is 2.20. The summed E-state index contributed by atoms with van der Waals surface area (Å²) in [6.45, 7) is 6.85. The van der Waals surface area contributed by atoms with Gasteiger partial charge in [0, 0.05) is 26.7 Å². The fourth-order valence-electron chi connectivity index (χ4n) is 1.59. The van der Waals surface area contributed by atoms with Gasteiger partial charge in [0.1, 0.15) is 0 Å². The van der Waals surface area contributed by atoms with E-state index < -0.39 is 0 Å². The lowest BCUT2D eigenvalue weighted by atomic mass is 10.4. The second-order valence-electron chi connectivity index (χ2n) is 4.90. The van der Waals surface area contributed by atoms with Crippen molar-refractivity contribution in [3.8, 4) is 0 Å². The maximum Gasteiger partial charge on any atom is 0.191 e. The number of aliphatic imine (C=N–C) groups is 1. The second-order valence-corrected chi connectivity index (χ2v) is 4.90. The topological polar surface area (TPSA) is 54.9 Å². The molecule has 1 fully saturated rings. The average Bonchev–Trinajstić information content (AvgIpc) is 3.24. The van der Waals surface area contributed by atoms with E-state index in [0.717, 1.165) is 38.0 Å². The van der Waals surface area contributed by atoms with Crippen LogP contribution >= 0.6 is 24.0 Å². The minimum Gasteiger partial charge on any atom is -0.379 e. The molecule has 6 heteroatoms. The number of hydrogen-bond donors (Lipinski definition) is 2. The molecular weight excluding hydrogens is 369 g/mol. The fraction of sp³-hybridized carbons (Fsp3) is 0.929. The first-order chi connectivity index (χ1) is 9.36. The van der Waals surface area contributed by atoms with Gasteiger partial charge in [-0.05, 0) is 25.2 Å². The normalized spacial score (nSPS) is 14.8. The third kappa shape index (κ3) is 11.7. The van der Waals surface area contributed by atoms with Crippen molar-refractivity contribution in [2.45, 2.75) is 32.6 Å². The lowest BCUT2D eigenvalue weighted by Crippen LogP contribution is -2.39. The summed E-state index contributed by atoms with van der Waals surface area (Å²) in [6.07, 6.45) is 5.01. The highest BCUT2D eigenvalue weighted by atomic mass is 127. The molecule has 1 saturated carbocycles. The lowest BCUT2D eigenvalue weighted by Gasteiger charge is -2.11. The molecule has 0 radical (unpaired) electrons. The fourth-order valence-corrected chi connectivity index (χ4v) is 1.59. The van der Waals surface area contributed by atoms with Gasteiger partial charge in [-0.2, -0.15) is 0 Å². The van der Waals surface area contributed by atoms with Crippen molar-refractivity contribution >= 4 is 29.9 Å². The first-order valence-corrected chi connectivity index (χ1v) is 7.46. The highest BCUT2D eigenvalue weighted by Crippen LogP contribution is 2.27. The molecule has 0 bridgehead atoms. The van der Waals surface area contributed by atoms with Crippen LogP contribution in [0.4, 0.5) is 0 Å². The predicted octanol–water partition coefficient (Wildman–Crippen LogP) is 2.01. The number of unbranched alkanes of at least 4 members (excludes halogenated alkanes) is 1. The Hall–Kier alpha value is -0.0800. The Balaban J connectivity index is 0.00000361. The SMILES string of the molecule is CCCCOCCOCCNC(=NC)NCC1CC1.I. The van der Waals surface area contributed by atoms with Crippen LogP contribution in [0, 0.1) is 5.92 Å². The van der Waals surface area contributed by atoms with Crippen molar-refractivity contribution in [3.05, 3.63) is 0 Å². The molecule has 0 aromatic heterocycles. The summed E-state index contributed by atoms with van der Waals surface area (Å²) in [5.74, 6) is 1.73. The Morgan fingerprint density at radius 2 is 1.80 bits per heavy atom. The van der Waals surface area contributed by atoms with E-state index in [1.807, 2.05) is 0 Å². The van der Waals surface area contributed by atoms with Crippen molar-refractivity contribution in [1.82, 2.24) is 10.6 Å². The summed E-state index contributed by atoms with van der Waals surface area (Å²) in [5, 5.41) is 6.55. The Morgan fingerprint density at radius 3 is 2.40 bits per heavy atom. The van der Waals surface area contributed by atoms with Crippen molar-refractivity contribution in [3.63, 3.8) is 0 Å². The van der Waals surface area contributed by atoms with E-state index >= 15 is 0 Å². The van der Waals surface area contributed by atoms with Gasteiger partial charge >= 0.3 is 0 Å². The summed E-state index contributed by atoms with van der Waals surface area (Å²) in [4.78, 5) is 4.17. The van der Waals surface area contributed by atoms with Crippen molar-refractivity contribution < 1.29 is 9.47 Å². The number of rotatable bonds is 11. The van der Waals surface area contributed by atoms with Crippen molar-refractivity contribution in [2.24, 2.45) is 10.9 Å².